The molecule has 3 aromatic rings. The molecule has 0 atom stereocenters. The molecule has 0 aliphatic carbocycles. The smallest absolute Gasteiger partial charge is 0.275 e. The monoisotopic (exact) mass is 352 g/mol. The number of halogens is 1. The van der Waals surface area contributed by atoms with Gasteiger partial charge in [-0.3, -0.25) is 4.79 Å². The summed E-state index contributed by atoms with van der Waals surface area (Å²) in [5, 5.41) is 5.56. The Kier molecular flexibility index (Phi) is 5.38. The van der Waals surface area contributed by atoms with Crippen LogP contribution in [0.4, 0.5) is 21.6 Å². The van der Waals surface area contributed by atoms with E-state index in [1.807, 2.05) is 31.2 Å². The standard InChI is InChI=1S/C19H17FN4O2/c1-2-26-17-10-6-5-9-15(17)23-18-12-21-16(11-22-18)19(25)24-14-8-4-3-7-13(14)20/h3-12H,2H2,1H3,(H,22,23)(H,24,25). The first-order valence-corrected chi connectivity index (χ1v) is 8.04. The molecule has 132 valence electrons. The summed E-state index contributed by atoms with van der Waals surface area (Å²) in [5.41, 5.74) is 0.913. The van der Waals surface area contributed by atoms with E-state index >= 15 is 0 Å². The second-order valence-corrected chi connectivity index (χ2v) is 5.28. The lowest BCUT2D eigenvalue weighted by molar-refractivity contribution is 0.102. The zero-order valence-corrected chi connectivity index (χ0v) is 14.1. The van der Waals surface area contributed by atoms with E-state index in [0.29, 0.717) is 18.2 Å². The van der Waals surface area contributed by atoms with Crippen molar-refractivity contribution in [2.75, 3.05) is 17.2 Å². The van der Waals surface area contributed by atoms with Gasteiger partial charge < -0.3 is 15.4 Å². The third-order valence-electron chi connectivity index (χ3n) is 3.46. The molecule has 0 fully saturated rings. The molecular formula is C19H17FN4O2. The molecule has 0 unspecified atom stereocenters. The van der Waals surface area contributed by atoms with Crippen molar-refractivity contribution in [1.82, 2.24) is 9.97 Å². The number of nitrogens with zero attached hydrogens (tertiary/aromatic N) is 2. The van der Waals surface area contributed by atoms with Crippen LogP contribution in [-0.4, -0.2) is 22.5 Å². The van der Waals surface area contributed by atoms with E-state index in [0.717, 1.165) is 5.69 Å². The van der Waals surface area contributed by atoms with Gasteiger partial charge in [-0.25, -0.2) is 14.4 Å². The highest BCUT2D eigenvalue weighted by atomic mass is 19.1. The average Bonchev–Trinajstić information content (AvgIpc) is 2.66. The largest absolute Gasteiger partial charge is 0.492 e. The second kappa shape index (κ2) is 8.06. The number of ether oxygens (including phenoxy) is 1. The summed E-state index contributed by atoms with van der Waals surface area (Å²) in [7, 11) is 0. The van der Waals surface area contributed by atoms with E-state index in [-0.39, 0.29) is 11.4 Å². The van der Waals surface area contributed by atoms with Gasteiger partial charge in [-0.05, 0) is 31.2 Å². The Bertz CT molecular complexity index is 900. The number of hydrogen-bond acceptors (Lipinski definition) is 5. The molecule has 0 saturated carbocycles. The third-order valence-corrected chi connectivity index (χ3v) is 3.46. The second-order valence-electron chi connectivity index (χ2n) is 5.28. The van der Waals surface area contributed by atoms with E-state index in [4.69, 9.17) is 4.74 Å². The van der Waals surface area contributed by atoms with Crippen LogP contribution in [0.1, 0.15) is 17.4 Å². The molecule has 0 aliphatic heterocycles. The van der Waals surface area contributed by atoms with Crippen molar-refractivity contribution < 1.29 is 13.9 Å². The van der Waals surface area contributed by atoms with Crippen molar-refractivity contribution in [3.8, 4) is 5.75 Å². The fourth-order valence-electron chi connectivity index (χ4n) is 2.25. The van der Waals surface area contributed by atoms with Crippen molar-refractivity contribution in [1.29, 1.82) is 0 Å². The van der Waals surface area contributed by atoms with Crippen molar-refractivity contribution in [3.05, 3.63) is 72.4 Å². The number of anilines is 3. The molecule has 26 heavy (non-hydrogen) atoms. The van der Waals surface area contributed by atoms with Crippen molar-refractivity contribution in [2.24, 2.45) is 0 Å². The van der Waals surface area contributed by atoms with Gasteiger partial charge in [0.05, 0.1) is 30.4 Å². The van der Waals surface area contributed by atoms with Crippen LogP contribution in [0.3, 0.4) is 0 Å². The Morgan fingerprint density at radius 1 is 1.04 bits per heavy atom. The van der Waals surface area contributed by atoms with Crippen LogP contribution in [0.2, 0.25) is 0 Å². The van der Waals surface area contributed by atoms with E-state index in [1.54, 1.807) is 12.1 Å². The molecule has 2 aromatic carbocycles. The van der Waals surface area contributed by atoms with Gasteiger partial charge in [-0.15, -0.1) is 0 Å². The summed E-state index contributed by atoms with van der Waals surface area (Å²) < 4.78 is 19.1. The van der Waals surface area contributed by atoms with Crippen LogP contribution in [0.5, 0.6) is 5.75 Å². The van der Waals surface area contributed by atoms with Gasteiger partial charge in [-0.1, -0.05) is 24.3 Å². The minimum atomic E-state index is -0.538. The van der Waals surface area contributed by atoms with Crippen LogP contribution in [0.25, 0.3) is 0 Å². The number of nitrogens with one attached hydrogen (secondary N) is 2. The molecule has 1 heterocycles. The van der Waals surface area contributed by atoms with Crippen molar-refractivity contribution in [3.63, 3.8) is 0 Å². The van der Waals surface area contributed by atoms with E-state index in [2.05, 4.69) is 20.6 Å². The molecule has 0 bridgehead atoms. The zero-order valence-electron chi connectivity index (χ0n) is 14.1. The number of carbonyl (C=O) groups excluding carboxylic acids is 1. The number of rotatable bonds is 6. The molecule has 7 heteroatoms. The van der Waals surface area contributed by atoms with E-state index in [9.17, 15) is 9.18 Å². The van der Waals surface area contributed by atoms with Crippen LogP contribution in [-0.2, 0) is 0 Å². The summed E-state index contributed by atoms with van der Waals surface area (Å²) in [4.78, 5) is 20.4. The van der Waals surface area contributed by atoms with Gasteiger partial charge in [0.1, 0.15) is 23.1 Å². The van der Waals surface area contributed by atoms with Gasteiger partial charge in [0.15, 0.2) is 0 Å². The summed E-state index contributed by atoms with van der Waals surface area (Å²) in [6.07, 6.45) is 2.75. The molecule has 2 N–H and O–H groups in total. The molecule has 0 spiro atoms. The Labute approximate surface area is 150 Å². The lowest BCUT2D eigenvalue weighted by Gasteiger charge is -2.11. The SMILES string of the molecule is CCOc1ccccc1Nc1cnc(C(=O)Nc2ccccc2F)cn1. The highest BCUT2D eigenvalue weighted by Crippen LogP contribution is 2.26. The predicted octanol–water partition coefficient (Wildman–Crippen LogP) is 4.01. The predicted molar refractivity (Wildman–Crippen MR) is 97.3 cm³/mol. The van der Waals surface area contributed by atoms with Gasteiger partial charge in [0.25, 0.3) is 5.91 Å². The number of amides is 1. The van der Waals surface area contributed by atoms with Crippen LogP contribution in [0.15, 0.2) is 60.9 Å². The summed E-state index contributed by atoms with van der Waals surface area (Å²) >= 11 is 0. The van der Waals surface area contributed by atoms with Crippen LogP contribution in [0, 0.1) is 5.82 Å². The molecule has 1 aromatic heterocycles. The van der Waals surface area contributed by atoms with Crippen molar-refractivity contribution >= 4 is 23.1 Å². The minimum absolute atomic E-state index is 0.0805. The maximum absolute atomic E-state index is 13.6. The molecule has 0 radical (unpaired) electrons. The van der Waals surface area contributed by atoms with Gasteiger partial charge in [-0.2, -0.15) is 0 Å². The van der Waals surface area contributed by atoms with Gasteiger partial charge >= 0.3 is 0 Å². The maximum Gasteiger partial charge on any atom is 0.275 e. The van der Waals surface area contributed by atoms with Crippen molar-refractivity contribution in [2.45, 2.75) is 6.92 Å². The maximum atomic E-state index is 13.6. The number of aromatic nitrogens is 2. The topological polar surface area (TPSA) is 76.1 Å². The summed E-state index contributed by atoms with van der Waals surface area (Å²) in [6.45, 7) is 2.44. The molecule has 3 rings (SSSR count). The molecule has 0 saturated heterocycles. The quantitative estimate of drug-likeness (QED) is 0.701. The first kappa shape index (κ1) is 17.3. The van der Waals surface area contributed by atoms with Gasteiger partial charge in [0, 0.05) is 0 Å². The number of carbonyl (C=O) groups is 1. The fourth-order valence-corrected chi connectivity index (χ4v) is 2.25. The number of hydrogen-bond donors (Lipinski definition) is 2. The molecular weight excluding hydrogens is 335 g/mol. The molecule has 6 nitrogen and oxygen atoms in total. The molecule has 0 aliphatic rings. The first-order valence-electron chi connectivity index (χ1n) is 8.04. The van der Waals surface area contributed by atoms with Crippen LogP contribution >= 0.6 is 0 Å². The van der Waals surface area contributed by atoms with Gasteiger partial charge in [0.2, 0.25) is 0 Å². The number of para-hydroxylation sites is 3. The minimum Gasteiger partial charge on any atom is -0.492 e. The summed E-state index contributed by atoms with van der Waals surface area (Å²) in [5.74, 6) is 0.0984. The molecule has 1 amide bonds. The number of benzene rings is 2. The van der Waals surface area contributed by atoms with E-state index in [1.165, 1.54) is 24.5 Å². The average molecular weight is 352 g/mol. The van der Waals surface area contributed by atoms with Crippen LogP contribution < -0.4 is 15.4 Å². The Balaban J connectivity index is 1.71. The Hall–Kier alpha value is -3.48. The van der Waals surface area contributed by atoms with E-state index < -0.39 is 11.7 Å². The Morgan fingerprint density at radius 2 is 1.77 bits per heavy atom. The lowest BCUT2D eigenvalue weighted by Crippen LogP contribution is -2.15. The lowest BCUT2D eigenvalue weighted by atomic mass is 10.3. The summed E-state index contributed by atoms with van der Waals surface area (Å²) in [6, 6.07) is 13.4. The third kappa shape index (κ3) is 4.13. The highest BCUT2D eigenvalue weighted by Gasteiger charge is 2.11. The highest BCUT2D eigenvalue weighted by molar-refractivity contribution is 6.02. The zero-order chi connectivity index (χ0) is 18.4. The first-order chi connectivity index (χ1) is 12.7. The Morgan fingerprint density at radius 3 is 2.46 bits per heavy atom. The fraction of sp³-hybridized carbons (Fsp3) is 0.105. The normalized spacial score (nSPS) is 10.2.